The summed E-state index contributed by atoms with van der Waals surface area (Å²) >= 11 is 0. The van der Waals surface area contributed by atoms with Crippen molar-refractivity contribution in [3.8, 4) is 22.5 Å². The zero-order chi connectivity index (χ0) is 24.5. The summed E-state index contributed by atoms with van der Waals surface area (Å²) < 4.78 is 31.9. The third-order valence-electron chi connectivity index (χ3n) is 6.68. The number of hydrogen-bond donors (Lipinski definition) is 2. The van der Waals surface area contributed by atoms with Crippen LogP contribution in [0.15, 0.2) is 53.3 Å². The monoisotopic (exact) mass is 491 g/mol. The van der Waals surface area contributed by atoms with Crippen LogP contribution >= 0.6 is 0 Å². The van der Waals surface area contributed by atoms with Gasteiger partial charge in [0.1, 0.15) is 29.5 Å². The topological polar surface area (TPSA) is 106 Å². The summed E-state index contributed by atoms with van der Waals surface area (Å²) in [5.41, 5.74) is 2.77. The van der Waals surface area contributed by atoms with Crippen molar-refractivity contribution < 1.29 is 23.4 Å². The van der Waals surface area contributed by atoms with Crippen LogP contribution in [0.3, 0.4) is 0 Å². The molecule has 9 nitrogen and oxygen atoms in total. The van der Waals surface area contributed by atoms with E-state index in [2.05, 4.69) is 25.2 Å². The van der Waals surface area contributed by atoms with Crippen molar-refractivity contribution in [3.05, 3.63) is 54.7 Å². The average molecular weight is 492 g/mol. The number of fused-ring (bicyclic) bond motifs is 1. The molecule has 0 unspecified atom stereocenters. The number of aliphatic hydroxyl groups excluding tert-OH is 1. The minimum atomic E-state index is -0.499. The largest absolute Gasteiger partial charge is 0.437 e. The molecule has 3 aromatic heterocycles. The first-order valence-corrected chi connectivity index (χ1v) is 12.0. The van der Waals surface area contributed by atoms with Gasteiger partial charge in [0.05, 0.1) is 25.2 Å². The minimum Gasteiger partial charge on any atom is -0.437 e. The van der Waals surface area contributed by atoms with Gasteiger partial charge in [-0.1, -0.05) is 12.1 Å². The standard InChI is InChI=1S/C26H26FN5O4/c27-19-4-1-17(2-5-19)21-22-24(32-10-7-26(8-11-32)34-13-14-35-26)30-16-31-25(22)36-23(21)18-3-6-20(29-15-18)28-9-12-33/h1-6,15-16,33H,7-14H2,(H,28,29). The van der Waals surface area contributed by atoms with E-state index < -0.39 is 5.79 Å². The van der Waals surface area contributed by atoms with Gasteiger partial charge in [-0.3, -0.25) is 0 Å². The summed E-state index contributed by atoms with van der Waals surface area (Å²) in [6.45, 7) is 3.09. The van der Waals surface area contributed by atoms with Crippen LogP contribution < -0.4 is 10.2 Å². The number of furan rings is 1. The minimum absolute atomic E-state index is 0.0129. The molecule has 4 aromatic rings. The Morgan fingerprint density at radius 3 is 2.42 bits per heavy atom. The molecule has 0 bridgehead atoms. The molecule has 2 fully saturated rings. The molecule has 2 aliphatic heterocycles. The van der Waals surface area contributed by atoms with Crippen LogP contribution in [0.25, 0.3) is 33.6 Å². The SMILES string of the molecule is OCCNc1ccc(-c2oc3ncnc(N4CCC5(CC4)OCCO5)c3c2-c2ccc(F)cc2)cn1. The number of pyridine rings is 1. The molecule has 0 radical (unpaired) electrons. The molecule has 5 heterocycles. The number of nitrogens with one attached hydrogen (secondary N) is 1. The van der Waals surface area contributed by atoms with Gasteiger partial charge in [-0.05, 0) is 29.8 Å². The van der Waals surface area contributed by atoms with E-state index in [-0.39, 0.29) is 12.4 Å². The average Bonchev–Trinajstić information content (AvgIpc) is 3.54. The third kappa shape index (κ3) is 4.17. The summed E-state index contributed by atoms with van der Waals surface area (Å²) in [6.07, 6.45) is 4.69. The molecule has 0 saturated carbocycles. The molecule has 2 N–H and O–H groups in total. The number of nitrogens with zero attached hydrogens (tertiary/aromatic N) is 4. The fourth-order valence-electron chi connectivity index (χ4n) is 4.91. The van der Waals surface area contributed by atoms with E-state index >= 15 is 0 Å². The zero-order valence-electron chi connectivity index (χ0n) is 19.6. The highest BCUT2D eigenvalue weighted by atomic mass is 19.1. The van der Waals surface area contributed by atoms with Crippen LogP contribution in [0.1, 0.15) is 12.8 Å². The molecule has 2 saturated heterocycles. The highest BCUT2D eigenvalue weighted by molar-refractivity contribution is 6.06. The van der Waals surface area contributed by atoms with Gasteiger partial charge in [0.2, 0.25) is 5.71 Å². The quantitative estimate of drug-likeness (QED) is 0.416. The van der Waals surface area contributed by atoms with Gasteiger partial charge in [0.15, 0.2) is 5.79 Å². The Morgan fingerprint density at radius 2 is 1.72 bits per heavy atom. The first kappa shape index (κ1) is 22.8. The van der Waals surface area contributed by atoms with Gasteiger partial charge < -0.3 is 29.2 Å². The van der Waals surface area contributed by atoms with Crippen molar-refractivity contribution in [2.45, 2.75) is 18.6 Å². The molecule has 6 rings (SSSR count). The molecule has 1 spiro atoms. The lowest BCUT2D eigenvalue weighted by atomic mass is 9.98. The normalized spacial score (nSPS) is 17.2. The molecular formula is C26H26FN5O4. The Kier molecular flexibility index (Phi) is 6.00. The van der Waals surface area contributed by atoms with Crippen LogP contribution in [0.5, 0.6) is 0 Å². The number of hydrogen-bond acceptors (Lipinski definition) is 9. The van der Waals surface area contributed by atoms with Crippen LogP contribution in [0.4, 0.5) is 16.0 Å². The van der Waals surface area contributed by atoms with Crippen LogP contribution in [-0.2, 0) is 9.47 Å². The van der Waals surface area contributed by atoms with E-state index in [0.29, 0.717) is 50.1 Å². The number of halogens is 1. The van der Waals surface area contributed by atoms with E-state index in [1.165, 1.54) is 18.5 Å². The zero-order valence-corrected chi connectivity index (χ0v) is 19.6. The van der Waals surface area contributed by atoms with Gasteiger partial charge in [-0.2, -0.15) is 0 Å². The second-order valence-corrected chi connectivity index (χ2v) is 8.87. The fraction of sp³-hybridized carbons (Fsp3) is 0.346. The number of benzene rings is 1. The van der Waals surface area contributed by atoms with Crippen LogP contribution in [0, 0.1) is 5.82 Å². The molecule has 0 amide bonds. The second-order valence-electron chi connectivity index (χ2n) is 8.87. The maximum Gasteiger partial charge on any atom is 0.232 e. The maximum atomic E-state index is 13.8. The lowest BCUT2D eigenvalue weighted by Gasteiger charge is -2.38. The summed E-state index contributed by atoms with van der Waals surface area (Å²) in [5.74, 6) is 1.17. The number of anilines is 2. The van der Waals surface area contributed by atoms with Gasteiger partial charge in [0.25, 0.3) is 0 Å². The molecule has 0 atom stereocenters. The summed E-state index contributed by atoms with van der Waals surface area (Å²) in [7, 11) is 0. The van der Waals surface area contributed by atoms with E-state index in [0.717, 1.165) is 40.7 Å². The lowest BCUT2D eigenvalue weighted by Crippen LogP contribution is -2.45. The van der Waals surface area contributed by atoms with E-state index in [1.807, 2.05) is 12.1 Å². The summed E-state index contributed by atoms with van der Waals surface area (Å²) in [5, 5.41) is 12.9. The van der Waals surface area contributed by atoms with Crippen molar-refractivity contribution in [2.75, 3.05) is 49.7 Å². The van der Waals surface area contributed by atoms with Crippen molar-refractivity contribution in [2.24, 2.45) is 0 Å². The molecule has 10 heteroatoms. The first-order chi connectivity index (χ1) is 17.7. The molecule has 36 heavy (non-hydrogen) atoms. The Balaban J connectivity index is 1.44. The Labute approximate surface area is 206 Å². The van der Waals surface area contributed by atoms with Crippen LogP contribution in [-0.4, -0.2) is 65.3 Å². The smallest absolute Gasteiger partial charge is 0.232 e. The van der Waals surface area contributed by atoms with E-state index in [4.69, 9.17) is 19.0 Å². The predicted molar refractivity (Wildman–Crippen MR) is 132 cm³/mol. The Hall–Kier alpha value is -3.60. The Bertz CT molecular complexity index is 1340. The van der Waals surface area contributed by atoms with Crippen LogP contribution in [0.2, 0.25) is 0 Å². The van der Waals surface area contributed by atoms with Gasteiger partial charge in [-0.15, -0.1) is 0 Å². The van der Waals surface area contributed by atoms with E-state index in [1.54, 1.807) is 18.3 Å². The fourth-order valence-corrected chi connectivity index (χ4v) is 4.91. The second kappa shape index (κ2) is 9.45. The molecule has 0 aliphatic carbocycles. The number of aromatic nitrogens is 3. The molecule has 2 aliphatic rings. The predicted octanol–water partition coefficient (Wildman–Crippen LogP) is 3.84. The molecule has 186 valence electrons. The summed E-state index contributed by atoms with van der Waals surface area (Å²) in [4.78, 5) is 15.7. The number of aliphatic hydroxyl groups is 1. The first-order valence-electron chi connectivity index (χ1n) is 12.0. The molecule has 1 aromatic carbocycles. The van der Waals surface area contributed by atoms with Crippen molar-refractivity contribution in [1.82, 2.24) is 15.0 Å². The Morgan fingerprint density at radius 1 is 0.972 bits per heavy atom. The maximum absolute atomic E-state index is 13.8. The highest BCUT2D eigenvalue weighted by Crippen LogP contribution is 2.44. The molecular weight excluding hydrogens is 465 g/mol. The van der Waals surface area contributed by atoms with Crippen molar-refractivity contribution in [3.63, 3.8) is 0 Å². The van der Waals surface area contributed by atoms with Crippen molar-refractivity contribution in [1.29, 1.82) is 0 Å². The third-order valence-corrected chi connectivity index (χ3v) is 6.68. The van der Waals surface area contributed by atoms with Crippen molar-refractivity contribution >= 4 is 22.7 Å². The lowest BCUT2D eigenvalue weighted by molar-refractivity contribution is -0.169. The summed E-state index contributed by atoms with van der Waals surface area (Å²) in [6, 6.07) is 10.0. The van der Waals surface area contributed by atoms with Gasteiger partial charge in [0, 0.05) is 49.8 Å². The van der Waals surface area contributed by atoms with Gasteiger partial charge >= 0.3 is 0 Å². The number of piperidine rings is 1. The number of ether oxygens (including phenoxy) is 2. The van der Waals surface area contributed by atoms with Gasteiger partial charge in [-0.25, -0.2) is 19.3 Å². The number of rotatable bonds is 6. The van der Waals surface area contributed by atoms with E-state index in [9.17, 15) is 4.39 Å². The highest BCUT2D eigenvalue weighted by Gasteiger charge is 2.40.